The summed E-state index contributed by atoms with van der Waals surface area (Å²) in [5.41, 5.74) is 1.76. The predicted octanol–water partition coefficient (Wildman–Crippen LogP) is 2.88. The standard InChI is InChI=1S/C26H25N5O3/c1-34-20-9-6-18(7-10-20)16-23-27-22(17-25(32)29-23)26(33)31-14-12-30(13-15-31)24-11-8-19-4-2-3-5-21(19)28-24/h2-11,17H,12-16H2,1H3,(H,27,29,32). The quantitative estimate of drug-likeness (QED) is 0.498. The molecule has 2 aromatic carbocycles. The lowest BCUT2D eigenvalue weighted by atomic mass is 10.1. The Bertz CT molecular complexity index is 1380. The van der Waals surface area contributed by atoms with Crippen LogP contribution in [-0.4, -0.2) is 59.0 Å². The third-order valence-electron chi connectivity index (χ3n) is 6.02. The SMILES string of the molecule is COc1ccc(Cc2nc(C(=O)N3CCN(c4ccc5ccccc5n4)CC3)cc(=O)[nH]2)cc1. The van der Waals surface area contributed by atoms with Gasteiger partial charge in [-0.15, -0.1) is 0 Å². The van der Waals surface area contributed by atoms with Gasteiger partial charge in [-0.25, -0.2) is 9.97 Å². The van der Waals surface area contributed by atoms with E-state index >= 15 is 0 Å². The Morgan fingerprint density at radius 2 is 1.74 bits per heavy atom. The van der Waals surface area contributed by atoms with Crippen LogP contribution in [0.5, 0.6) is 5.75 Å². The summed E-state index contributed by atoms with van der Waals surface area (Å²) in [5.74, 6) is 1.89. The Balaban J connectivity index is 1.27. The van der Waals surface area contributed by atoms with E-state index in [2.05, 4.69) is 20.9 Å². The number of piperazine rings is 1. The first-order valence-corrected chi connectivity index (χ1v) is 11.2. The third kappa shape index (κ3) is 4.61. The summed E-state index contributed by atoms with van der Waals surface area (Å²) < 4.78 is 5.18. The maximum atomic E-state index is 13.1. The molecule has 0 atom stereocenters. The highest BCUT2D eigenvalue weighted by Crippen LogP contribution is 2.20. The maximum absolute atomic E-state index is 13.1. The predicted molar refractivity (Wildman–Crippen MR) is 131 cm³/mol. The molecule has 4 aromatic rings. The molecule has 1 aliphatic heterocycles. The lowest BCUT2D eigenvalue weighted by Crippen LogP contribution is -2.49. The number of para-hydroxylation sites is 1. The number of rotatable bonds is 5. The van der Waals surface area contributed by atoms with Crippen molar-refractivity contribution >= 4 is 22.6 Å². The lowest BCUT2D eigenvalue weighted by molar-refractivity contribution is 0.0740. The molecule has 8 nitrogen and oxygen atoms in total. The largest absolute Gasteiger partial charge is 0.497 e. The van der Waals surface area contributed by atoms with E-state index in [4.69, 9.17) is 9.72 Å². The molecule has 5 rings (SSSR count). The summed E-state index contributed by atoms with van der Waals surface area (Å²) in [4.78, 5) is 41.2. The molecule has 1 fully saturated rings. The van der Waals surface area contributed by atoms with Crippen molar-refractivity contribution in [3.05, 3.63) is 94.2 Å². The minimum atomic E-state index is -0.333. The summed E-state index contributed by atoms with van der Waals surface area (Å²) >= 11 is 0. The fourth-order valence-corrected chi connectivity index (χ4v) is 4.17. The van der Waals surface area contributed by atoms with Crippen LogP contribution >= 0.6 is 0 Å². The number of benzene rings is 2. The van der Waals surface area contributed by atoms with Gasteiger partial charge in [-0.05, 0) is 35.9 Å². The second kappa shape index (κ2) is 9.35. The zero-order chi connectivity index (χ0) is 23.5. The number of H-pyrrole nitrogens is 1. The van der Waals surface area contributed by atoms with Crippen LogP contribution in [0.25, 0.3) is 10.9 Å². The van der Waals surface area contributed by atoms with E-state index in [-0.39, 0.29) is 17.2 Å². The summed E-state index contributed by atoms with van der Waals surface area (Å²) in [6.07, 6.45) is 0.418. The number of carbonyl (C=O) groups is 1. The van der Waals surface area contributed by atoms with E-state index in [1.165, 1.54) is 6.07 Å². The van der Waals surface area contributed by atoms with Crippen molar-refractivity contribution in [3.63, 3.8) is 0 Å². The monoisotopic (exact) mass is 455 g/mol. The summed E-state index contributed by atoms with van der Waals surface area (Å²) in [6.45, 7) is 2.41. The molecule has 0 saturated carbocycles. The van der Waals surface area contributed by atoms with E-state index in [0.29, 0.717) is 38.4 Å². The molecular weight excluding hydrogens is 430 g/mol. The highest BCUT2D eigenvalue weighted by molar-refractivity contribution is 5.92. The number of fused-ring (bicyclic) bond motifs is 1. The fraction of sp³-hybridized carbons (Fsp3) is 0.231. The molecular formula is C26H25N5O3. The van der Waals surface area contributed by atoms with Crippen LogP contribution in [0.3, 0.4) is 0 Å². The Kier molecular flexibility index (Phi) is 5.95. The fourth-order valence-electron chi connectivity index (χ4n) is 4.17. The number of methoxy groups -OCH3 is 1. The van der Waals surface area contributed by atoms with E-state index in [9.17, 15) is 9.59 Å². The normalized spacial score (nSPS) is 13.8. The van der Waals surface area contributed by atoms with Gasteiger partial charge in [0.25, 0.3) is 11.5 Å². The third-order valence-corrected chi connectivity index (χ3v) is 6.02. The van der Waals surface area contributed by atoms with E-state index < -0.39 is 0 Å². The number of hydrogen-bond acceptors (Lipinski definition) is 6. The molecule has 1 N–H and O–H groups in total. The highest BCUT2D eigenvalue weighted by atomic mass is 16.5. The van der Waals surface area contributed by atoms with E-state index in [1.807, 2.05) is 54.6 Å². The molecule has 0 spiro atoms. The number of aromatic amines is 1. The smallest absolute Gasteiger partial charge is 0.272 e. The lowest BCUT2D eigenvalue weighted by Gasteiger charge is -2.35. The van der Waals surface area contributed by atoms with Gasteiger partial charge in [0, 0.05) is 44.1 Å². The number of carbonyl (C=O) groups excluding carboxylic acids is 1. The zero-order valence-corrected chi connectivity index (χ0v) is 18.9. The van der Waals surface area contributed by atoms with Gasteiger partial charge in [0.15, 0.2) is 0 Å². The van der Waals surface area contributed by atoms with Crippen LogP contribution in [0.4, 0.5) is 5.82 Å². The maximum Gasteiger partial charge on any atom is 0.272 e. The van der Waals surface area contributed by atoms with Crippen LogP contribution < -0.4 is 15.2 Å². The first-order valence-electron chi connectivity index (χ1n) is 11.2. The summed E-state index contributed by atoms with van der Waals surface area (Å²) in [7, 11) is 1.61. The molecule has 0 bridgehead atoms. The average molecular weight is 456 g/mol. The number of pyridine rings is 1. The molecule has 8 heteroatoms. The van der Waals surface area contributed by atoms with Crippen LogP contribution in [-0.2, 0) is 6.42 Å². The van der Waals surface area contributed by atoms with Crippen molar-refractivity contribution in [1.29, 1.82) is 0 Å². The number of nitrogens with zero attached hydrogens (tertiary/aromatic N) is 4. The summed E-state index contributed by atoms with van der Waals surface area (Å²) in [5, 5.41) is 1.10. The molecule has 3 heterocycles. The van der Waals surface area contributed by atoms with E-state index in [1.54, 1.807) is 12.0 Å². The number of amides is 1. The van der Waals surface area contributed by atoms with Crippen molar-refractivity contribution in [2.24, 2.45) is 0 Å². The minimum absolute atomic E-state index is 0.171. The number of anilines is 1. The number of nitrogens with one attached hydrogen (secondary N) is 1. The minimum Gasteiger partial charge on any atom is -0.497 e. The second-order valence-corrected chi connectivity index (χ2v) is 8.24. The van der Waals surface area contributed by atoms with Gasteiger partial charge in [0.05, 0.1) is 12.6 Å². The Morgan fingerprint density at radius 1 is 0.971 bits per heavy atom. The van der Waals surface area contributed by atoms with Crippen LogP contribution in [0.2, 0.25) is 0 Å². The van der Waals surface area contributed by atoms with Gasteiger partial charge in [-0.2, -0.15) is 0 Å². The molecule has 1 amide bonds. The molecule has 172 valence electrons. The first kappa shape index (κ1) is 21.6. The van der Waals surface area contributed by atoms with Gasteiger partial charge < -0.3 is 19.5 Å². The molecule has 1 saturated heterocycles. The van der Waals surface area contributed by atoms with Crippen LogP contribution in [0.15, 0.2) is 71.5 Å². The zero-order valence-electron chi connectivity index (χ0n) is 18.9. The van der Waals surface area contributed by atoms with Crippen LogP contribution in [0, 0.1) is 0 Å². The molecule has 34 heavy (non-hydrogen) atoms. The molecule has 0 radical (unpaired) electrons. The van der Waals surface area contributed by atoms with Crippen molar-refractivity contribution in [2.45, 2.75) is 6.42 Å². The number of aromatic nitrogens is 3. The van der Waals surface area contributed by atoms with Gasteiger partial charge in [0.2, 0.25) is 0 Å². The van der Waals surface area contributed by atoms with Gasteiger partial charge in [-0.3, -0.25) is 9.59 Å². The van der Waals surface area contributed by atoms with Gasteiger partial charge in [-0.1, -0.05) is 30.3 Å². The number of hydrogen-bond donors (Lipinski definition) is 1. The molecule has 0 aliphatic carbocycles. The topological polar surface area (TPSA) is 91.4 Å². The Labute approximate surface area is 196 Å². The van der Waals surface area contributed by atoms with E-state index in [0.717, 1.165) is 28.0 Å². The van der Waals surface area contributed by atoms with Crippen molar-refractivity contribution in [1.82, 2.24) is 19.9 Å². The van der Waals surface area contributed by atoms with Crippen molar-refractivity contribution in [2.75, 3.05) is 38.2 Å². The van der Waals surface area contributed by atoms with Crippen LogP contribution in [0.1, 0.15) is 21.9 Å². The average Bonchev–Trinajstić information content (AvgIpc) is 2.88. The molecule has 2 aromatic heterocycles. The number of ether oxygens (including phenoxy) is 1. The molecule has 0 unspecified atom stereocenters. The Hall–Kier alpha value is -4.20. The Morgan fingerprint density at radius 3 is 2.50 bits per heavy atom. The van der Waals surface area contributed by atoms with Crippen molar-refractivity contribution in [3.8, 4) is 5.75 Å². The van der Waals surface area contributed by atoms with Gasteiger partial charge in [0.1, 0.15) is 23.1 Å². The first-order chi connectivity index (χ1) is 16.6. The second-order valence-electron chi connectivity index (χ2n) is 8.24. The van der Waals surface area contributed by atoms with Crippen molar-refractivity contribution < 1.29 is 9.53 Å². The van der Waals surface area contributed by atoms with Gasteiger partial charge >= 0.3 is 0 Å². The highest BCUT2D eigenvalue weighted by Gasteiger charge is 2.24. The summed E-state index contributed by atoms with van der Waals surface area (Å²) in [6, 6.07) is 20.9. The molecule has 1 aliphatic rings.